The van der Waals surface area contributed by atoms with Crippen LogP contribution in [0.1, 0.15) is 25.5 Å². The van der Waals surface area contributed by atoms with Gasteiger partial charge in [-0.15, -0.1) is 13.2 Å². The molecule has 0 spiro atoms. The van der Waals surface area contributed by atoms with E-state index in [4.69, 9.17) is 5.84 Å². The smallest absolute Gasteiger partial charge is 0.406 e. The monoisotopic (exact) mass is 248 g/mol. The summed E-state index contributed by atoms with van der Waals surface area (Å²) in [6, 6.07) is 5.58. The minimum absolute atomic E-state index is 0.154. The van der Waals surface area contributed by atoms with Crippen LogP contribution in [0, 0.1) is 5.92 Å². The van der Waals surface area contributed by atoms with Crippen LogP contribution >= 0.6 is 0 Å². The van der Waals surface area contributed by atoms with Crippen molar-refractivity contribution >= 4 is 0 Å². The fourth-order valence-corrected chi connectivity index (χ4v) is 1.58. The largest absolute Gasteiger partial charge is 0.573 e. The zero-order valence-electron chi connectivity index (χ0n) is 9.58. The van der Waals surface area contributed by atoms with E-state index in [0.29, 0.717) is 5.56 Å². The van der Waals surface area contributed by atoms with Gasteiger partial charge in [-0.3, -0.25) is 11.3 Å². The minimum atomic E-state index is -4.68. The Labute approximate surface area is 97.7 Å². The molecule has 0 bridgehead atoms. The third-order valence-electron chi connectivity index (χ3n) is 2.30. The summed E-state index contributed by atoms with van der Waals surface area (Å²) in [5.41, 5.74) is 3.23. The van der Waals surface area contributed by atoms with Crippen molar-refractivity contribution in [1.29, 1.82) is 0 Å². The number of benzene rings is 1. The van der Waals surface area contributed by atoms with E-state index in [0.717, 1.165) is 0 Å². The molecule has 0 aliphatic carbocycles. The van der Waals surface area contributed by atoms with Gasteiger partial charge >= 0.3 is 6.36 Å². The number of nitrogens with two attached hydrogens (primary N) is 1. The molecule has 0 fully saturated rings. The standard InChI is InChI=1S/C11H15F3N2O/c1-7(2)10(16-15)8-4-3-5-9(6-8)17-11(12,13)14/h3-7,10,16H,15H2,1-2H3. The predicted molar refractivity (Wildman–Crippen MR) is 58.0 cm³/mol. The topological polar surface area (TPSA) is 47.3 Å². The number of hydrogen-bond acceptors (Lipinski definition) is 3. The van der Waals surface area contributed by atoms with Crippen molar-refractivity contribution in [2.24, 2.45) is 11.8 Å². The number of ether oxygens (including phenoxy) is 1. The number of nitrogens with one attached hydrogen (secondary N) is 1. The fourth-order valence-electron chi connectivity index (χ4n) is 1.58. The van der Waals surface area contributed by atoms with Crippen molar-refractivity contribution < 1.29 is 17.9 Å². The number of hydrogen-bond donors (Lipinski definition) is 2. The Morgan fingerprint density at radius 2 is 1.94 bits per heavy atom. The minimum Gasteiger partial charge on any atom is -0.406 e. The van der Waals surface area contributed by atoms with Crippen molar-refractivity contribution in [3.05, 3.63) is 29.8 Å². The van der Waals surface area contributed by atoms with E-state index in [1.807, 2.05) is 13.8 Å². The molecule has 1 atom stereocenters. The maximum atomic E-state index is 12.1. The molecule has 1 aromatic carbocycles. The molecule has 0 aromatic heterocycles. The Bertz CT molecular complexity index is 366. The van der Waals surface area contributed by atoms with Crippen molar-refractivity contribution in [3.63, 3.8) is 0 Å². The van der Waals surface area contributed by atoms with E-state index >= 15 is 0 Å². The molecule has 0 saturated carbocycles. The molecule has 1 aromatic rings. The van der Waals surface area contributed by atoms with Crippen LogP contribution in [0.4, 0.5) is 13.2 Å². The highest BCUT2D eigenvalue weighted by Gasteiger charge is 2.31. The molecule has 0 heterocycles. The van der Waals surface area contributed by atoms with Gasteiger partial charge < -0.3 is 4.74 Å². The number of halogens is 3. The van der Waals surface area contributed by atoms with Gasteiger partial charge in [0.2, 0.25) is 0 Å². The molecule has 0 aliphatic heterocycles. The van der Waals surface area contributed by atoms with Crippen LogP contribution < -0.4 is 16.0 Å². The van der Waals surface area contributed by atoms with Gasteiger partial charge in [0.05, 0.1) is 0 Å². The second kappa shape index (κ2) is 5.37. The second-order valence-electron chi connectivity index (χ2n) is 4.01. The highest BCUT2D eigenvalue weighted by Crippen LogP contribution is 2.27. The maximum Gasteiger partial charge on any atom is 0.573 e. The Hall–Kier alpha value is -1.27. The molecule has 17 heavy (non-hydrogen) atoms. The molecule has 0 saturated heterocycles. The lowest BCUT2D eigenvalue weighted by atomic mass is 9.97. The molecule has 0 amide bonds. The Balaban J connectivity index is 2.92. The molecule has 1 rings (SSSR count). The summed E-state index contributed by atoms with van der Waals surface area (Å²) in [6.45, 7) is 3.84. The first-order chi connectivity index (χ1) is 7.83. The Morgan fingerprint density at radius 3 is 2.41 bits per heavy atom. The van der Waals surface area contributed by atoms with Crippen LogP contribution in [0.25, 0.3) is 0 Å². The lowest BCUT2D eigenvalue weighted by Crippen LogP contribution is -2.31. The lowest BCUT2D eigenvalue weighted by molar-refractivity contribution is -0.274. The SMILES string of the molecule is CC(C)C(NN)c1cccc(OC(F)(F)F)c1. The second-order valence-corrected chi connectivity index (χ2v) is 4.01. The first-order valence-corrected chi connectivity index (χ1v) is 5.15. The van der Waals surface area contributed by atoms with Gasteiger partial charge in [-0.05, 0) is 23.6 Å². The predicted octanol–water partition coefficient (Wildman–Crippen LogP) is 2.75. The molecule has 0 aliphatic rings. The average Bonchev–Trinajstić information content (AvgIpc) is 2.15. The van der Waals surface area contributed by atoms with E-state index in [-0.39, 0.29) is 17.7 Å². The van der Waals surface area contributed by atoms with Gasteiger partial charge in [0.25, 0.3) is 0 Å². The molecule has 96 valence electrons. The summed E-state index contributed by atoms with van der Waals surface area (Å²) in [6.07, 6.45) is -4.68. The first kappa shape index (κ1) is 13.8. The van der Waals surface area contributed by atoms with Crippen LogP contribution in [-0.4, -0.2) is 6.36 Å². The molecule has 1 unspecified atom stereocenters. The average molecular weight is 248 g/mol. The van der Waals surface area contributed by atoms with Gasteiger partial charge in [0, 0.05) is 6.04 Å². The lowest BCUT2D eigenvalue weighted by Gasteiger charge is -2.21. The van der Waals surface area contributed by atoms with E-state index in [2.05, 4.69) is 10.2 Å². The molecule has 3 nitrogen and oxygen atoms in total. The number of hydrazine groups is 1. The zero-order valence-corrected chi connectivity index (χ0v) is 9.58. The van der Waals surface area contributed by atoms with Crippen LogP contribution in [0.3, 0.4) is 0 Å². The molecule has 6 heteroatoms. The van der Waals surface area contributed by atoms with E-state index in [9.17, 15) is 13.2 Å². The van der Waals surface area contributed by atoms with Gasteiger partial charge in [-0.1, -0.05) is 26.0 Å². The maximum absolute atomic E-state index is 12.1. The third kappa shape index (κ3) is 4.24. The van der Waals surface area contributed by atoms with Crippen molar-refractivity contribution in [2.75, 3.05) is 0 Å². The van der Waals surface area contributed by atoms with Crippen LogP contribution in [0.15, 0.2) is 24.3 Å². The van der Waals surface area contributed by atoms with Crippen LogP contribution in [-0.2, 0) is 0 Å². The molecule has 0 radical (unpaired) electrons. The summed E-state index contributed by atoms with van der Waals surface area (Å²) in [5, 5.41) is 0. The zero-order chi connectivity index (χ0) is 13.1. The summed E-state index contributed by atoms with van der Waals surface area (Å²) < 4.78 is 40.0. The van der Waals surface area contributed by atoms with Crippen LogP contribution in [0.5, 0.6) is 5.75 Å². The highest BCUT2D eigenvalue weighted by molar-refractivity contribution is 5.31. The quantitative estimate of drug-likeness (QED) is 0.636. The molecular formula is C11H15F3N2O. The van der Waals surface area contributed by atoms with Gasteiger partial charge in [0.15, 0.2) is 0 Å². The fraction of sp³-hybridized carbons (Fsp3) is 0.455. The van der Waals surface area contributed by atoms with Crippen LogP contribution in [0.2, 0.25) is 0 Å². The first-order valence-electron chi connectivity index (χ1n) is 5.15. The van der Waals surface area contributed by atoms with Crippen molar-refractivity contribution in [2.45, 2.75) is 26.3 Å². The number of rotatable bonds is 4. The van der Waals surface area contributed by atoms with Crippen molar-refractivity contribution in [1.82, 2.24) is 5.43 Å². The Morgan fingerprint density at radius 1 is 1.29 bits per heavy atom. The van der Waals surface area contributed by atoms with E-state index in [1.54, 1.807) is 6.07 Å². The van der Waals surface area contributed by atoms with Gasteiger partial charge in [-0.2, -0.15) is 0 Å². The molecular weight excluding hydrogens is 233 g/mol. The van der Waals surface area contributed by atoms with E-state index < -0.39 is 6.36 Å². The van der Waals surface area contributed by atoms with E-state index in [1.165, 1.54) is 18.2 Å². The summed E-state index contributed by atoms with van der Waals surface area (Å²) in [7, 11) is 0. The van der Waals surface area contributed by atoms with Gasteiger partial charge in [-0.25, -0.2) is 0 Å². The molecule has 3 N–H and O–H groups in total. The summed E-state index contributed by atoms with van der Waals surface area (Å²) in [5.74, 6) is 5.28. The third-order valence-corrected chi connectivity index (χ3v) is 2.30. The normalized spacial score (nSPS) is 13.8. The van der Waals surface area contributed by atoms with Crippen molar-refractivity contribution in [3.8, 4) is 5.75 Å². The highest BCUT2D eigenvalue weighted by atomic mass is 19.4. The number of alkyl halides is 3. The Kier molecular flexibility index (Phi) is 4.36. The summed E-state index contributed by atoms with van der Waals surface area (Å²) >= 11 is 0. The summed E-state index contributed by atoms with van der Waals surface area (Å²) in [4.78, 5) is 0. The van der Waals surface area contributed by atoms with Gasteiger partial charge in [0.1, 0.15) is 5.75 Å².